The van der Waals surface area contributed by atoms with E-state index in [4.69, 9.17) is 5.11 Å². The maximum atomic E-state index is 12.5. The van der Waals surface area contributed by atoms with Gasteiger partial charge in [0.15, 0.2) is 0 Å². The summed E-state index contributed by atoms with van der Waals surface area (Å²) in [7, 11) is -3.44. The first-order valence-corrected chi connectivity index (χ1v) is 9.33. The lowest BCUT2D eigenvalue weighted by Gasteiger charge is -2.30. The summed E-state index contributed by atoms with van der Waals surface area (Å²) in [6, 6.07) is 1.67. The second kappa shape index (κ2) is 6.13. The van der Waals surface area contributed by atoms with E-state index in [2.05, 4.69) is 15.9 Å². The summed E-state index contributed by atoms with van der Waals surface area (Å²) in [4.78, 5) is 10.7. The SMILES string of the molecule is Cc1cc(S(=O)(=O)N2CCC(CC(=O)O)CC2)sc1Br. The minimum atomic E-state index is -3.44. The predicted octanol–water partition coefficient (Wildman–Crippen LogP) is 2.69. The van der Waals surface area contributed by atoms with Gasteiger partial charge in [0.2, 0.25) is 0 Å². The van der Waals surface area contributed by atoms with Gasteiger partial charge in [0.25, 0.3) is 10.0 Å². The van der Waals surface area contributed by atoms with Gasteiger partial charge in [0, 0.05) is 19.5 Å². The first-order valence-electron chi connectivity index (χ1n) is 6.28. The summed E-state index contributed by atoms with van der Waals surface area (Å²) in [6.45, 7) is 2.66. The molecule has 0 spiro atoms. The molecular formula is C12H16BrNO4S2. The smallest absolute Gasteiger partial charge is 0.303 e. The van der Waals surface area contributed by atoms with Crippen LogP contribution in [0.4, 0.5) is 0 Å². The second-order valence-corrected chi connectivity index (χ2v) is 9.50. The van der Waals surface area contributed by atoms with Gasteiger partial charge in [-0.2, -0.15) is 4.31 Å². The molecule has 1 N–H and O–H groups in total. The zero-order chi connectivity index (χ0) is 14.9. The van der Waals surface area contributed by atoms with Crippen molar-refractivity contribution in [3.8, 4) is 0 Å². The fraction of sp³-hybridized carbons (Fsp3) is 0.583. The van der Waals surface area contributed by atoms with Crippen molar-refractivity contribution in [3.63, 3.8) is 0 Å². The van der Waals surface area contributed by atoms with Crippen molar-refractivity contribution in [3.05, 3.63) is 15.4 Å². The third kappa shape index (κ3) is 3.41. The Bertz CT molecular complexity index is 583. The van der Waals surface area contributed by atoms with Crippen molar-refractivity contribution >= 4 is 43.3 Å². The van der Waals surface area contributed by atoms with Gasteiger partial charge in [-0.1, -0.05) is 0 Å². The van der Waals surface area contributed by atoms with E-state index in [0.29, 0.717) is 30.1 Å². The summed E-state index contributed by atoms with van der Waals surface area (Å²) in [5.74, 6) is -0.736. The zero-order valence-corrected chi connectivity index (χ0v) is 14.2. The number of rotatable bonds is 4. The Balaban J connectivity index is 2.07. The quantitative estimate of drug-likeness (QED) is 0.869. The van der Waals surface area contributed by atoms with Crippen molar-refractivity contribution in [1.82, 2.24) is 4.31 Å². The lowest BCUT2D eigenvalue weighted by atomic mass is 9.95. The Morgan fingerprint density at radius 2 is 2.10 bits per heavy atom. The van der Waals surface area contributed by atoms with E-state index >= 15 is 0 Å². The van der Waals surface area contributed by atoms with Crippen LogP contribution in [0.1, 0.15) is 24.8 Å². The number of hydrogen-bond acceptors (Lipinski definition) is 4. The molecule has 0 aromatic carbocycles. The molecule has 1 aliphatic rings. The molecule has 2 heterocycles. The van der Waals surface area contributed by atoms with Gasteiger partial charge in [-0.05, 0) is 53.2 Å². The molecule has 1 saturated heterocycles. The van der Waals surface area contributed by atoms with Crippen LogP contribution in [0.25, 0.3) is 0 Å². The Morgan fingerprint density at radius 3 is 2.55 bits per heavy atom. The van der Waals surface area contributed by atoms with E-state index in [0.717, 1.165) is 9.35 Å². The van der Waals surface area contributed by atoms with Crippen LogP contribution in [0.5, 0.6) is 0 Å². The Hall–Kier alpha value is -0.440. The number of nitrogens with zero attached hydrogens (tertiary/aromatic N) is 1. The van der Waals surface area contributed by atoms with Crippen LogP contribution in [-0.2, 0) is 14.8 Å². The molecule has 0 atom stereocenters. The molecule has 0 aliphatic carbocycles. The zero-order valence-electron chi connectivity index (χ0n) is 11.0. The Labute approximate surface area is 130 Å². The van der Waals surface area contributed by atoms with E-state index in [1.54, 1.807) is 6.07 Å². The number of piperidine rings is 1. The molecule has 112 valence electrons. The van der Waals surface area contributed by atoms with Gasteiger partial charge < -0.3 is 5.11 Å². The van der Waals surface area contributed by atoms with E-state index in [9.17, 15) is 13.2 Å². The molecule has 5 nitrogen and oxygen atoms in total. The molecule has 1 aromatic rings. The Kier molecular flexibility index (Phi) is 4.88. The molecule has 1 fully saturated rings. The highest BCUT2D eigenvalue weighted by Gasteiger charge is 2.31. The van der Waals surface area contributed by atoms with Gasteiger partial charge in [0.05, 0.1) is 3.79 Å². The topological polar surface area (TPSA) is 74.7 Å². The van der Waals surface area contributed by atoms with Crippen molar-refractivity contribution in [1.29, 1.82) is 0 Å². The van der Waals surface area contributed by atoms with Crippen LogP contribution in [0.15, 0.2) is 14.1 Å². The lowest BCUT2D eigenvalue weighted by molar-refractivity contribution is -0.138. The van der Waals surface area contributed by atoms with Crippen LogP contribution in [0.2, 0.25) is 0 Å². The number of sulfonamides is 1. The third-order valence-corrected chi connectivity index (χ3v) is 7.95. The summed E-state index contributed by atoms with van der Waals surface area (Å²) in [5.41, 5.74) is 0.911. The summed E-state index contributed by atoms with van der Waals surface area (Å²) >= 11 is 4.56. The molecule has 0 radical (unpaired) electrons. The van der Waals surface area contributed by atoms with Crippen LogP contribution < -0.4 is 0 Å². The van der Waals surface area contributed by atoms with Gasteiger partial charge in [-0.15, -0.1) is 11.3 Å². The third-order valence-electron chi connectivity index (χ3n) is 3.47. The van der Waals surface area contributed by atoms with Crippen LogP contribution >= 0.6 is 27.3 Å². The number of hydrogen-bond donors (Lipinski definition) is 1. The number of aliphatic carboxylic acids is 1. The maximum absolute atomic E-state index is 12.5. The summed E-state index contributed by atoms with van der Waals surface area (Å²) < 4.78 is 27.6. The van der Waals surface area contributed by atoms with Crippen molar-refractivity contribution in [2.75, 3.05) is 13.1 Å². The van der Waals surface area contributed by atoms with Gasteiger partial charge in [-0.25, -0.2) is 8.42 Å². The first kappa shape index (κ1) is 15.9. The monoisotopic (exact) mass is 381 g/mol. The van der Waals surface area contributed by atoms with E-state index in [1.165, 1.54) is 15.6 Å². The van der Waals surface area contributed by atoms with Crippen LogP contribution in [0.3, 0.4) is 0 Å². The van der Waals surface area contributed by atoms with Gasteiger partial charge >= 0.3 is 5.97 Å². The van der Waals surface area contributed by atoms with E-state index in [-0.39, 0.29) is 12.3 Å². The molecular weight excluding hydrogens is 366 g/mol. The minimum Gasteiger partial charge on any atom is -0.481 e. The van der Waals surface area contributed by atoms with Crippen molar-refractivity contribution in [2.45, 2.75) is 30.4 Å². The first-order chi connectivity index (χ1) is 9.30. The lowest BCUT2D eigenvalue weighted by Crippen LogP contribution is -2.38. The predicted molar refractivity (Wildman–Crippen MR) is 80.5 cm³/mol. The molecule has 0 bridgehead atoms. The molecule has 20 heavy (non-hydrogen) atoms. The van der Waals surface area contributed by atoms with Crippen LogP contribution in [0, 0.1) is 12.8 Å². The average Bonchev–Trinajstić information content (AvgIpc) is 2.70. The molecule has 0 unspecified atom stereocenters. The number of carboxylic acid groups (broad SMARTS) is 1. The number of aryl methyl sites for hydroxylation is 1. The molecule has 8 heteroatoms. The van der Waals surface area contributed by atoms with E-state index < -0.39 is 16.0 Å². The summed E-state index contributed by atoms with van der Waals surface area (Å²) in [6.07, 6.45) is 1.34. The maximum Gasteiger partial charge on any atom is 0.303 e. The highest BCUT2D eigenvalue weighted by molar-refractivity contribution is 9.11. The summed E-state index contributed by atoms with van der Waals surface area (Å²) in [5, 5.41) is 8.77. The molecule has 0 amide bonds. The number of carbonyl (C=O) groups is 1. The van der Waals surface area contributed by atoms with Crippen molar-refractivity contribution < 1.29 is 18.3 Å². The van der Waals surface area contributed by atoms with Gasteiger partial charge in [-0.3, -0.25) is 4.79 Å². The average molecular weight is 382 g/mol. The van der Waals surface area contributed by atoms with E-state index in [1.807, 2.05) is 6.92 Å². The fourth-order valence-electron chi connectivity index (χ4n) is 2.29. The largest absolute Gasteiger partial charge is 0.481 e. The number of halogens is 1. The second-order valence-electron chi connectivity index (χ2n) is 4.97. The molecule has 0 saturated carbocycles. The number of carboxylic acids is 1. The number of thiophene rings is 1. The van der Waals surface area contributed by atoms with Crippen LogP contribution in [-0.4, -0.2) is 36.9 Å². The minimum absolute atomic E-state index is 0.0794. The standard InChI is InChI=1S/C12H16BrNO4S2/c1-8-6-11(19-12(8)13)20(17,18)14-4-2-9(3-5-14)7-10(15)16/h6,9H,2-5,7H2,1H3,(H,15,16). The highest BCUT2D eigenvalue weighted by Crippen LogP contribution is 2.34. The van der Waals surface area contributed by atoms with Crippen molar-refractivity contribution in [2.24, 2.45) is 5.92 Å². The Morgan fingerprint density at radius 1 is 1.50 bits per heavy atom. The fourth-order valence-corrected chi connectivity index (χ4v) is 6.14. The molecule has 1 aromatic heterocycles. The van der Waals surface area contributed by atoms with Gasteiger partial charge in [0.1, 0.15) is 4.21 Å². The normalized spacial score (nSPS) is 18.3. The highest BCUT2D eigenvalue weighted by atomic mass is 79.9. The molecule has 2 rings (SSSR count). The molecule has 1 aliphatic heterocycles.